The molecule has 0 saturated heterocycles. The van der Waals surface area contributed by atoms with Crippen molar-refractivity contribution in [3.63, 3.8) is 0 Å². The normalized spacial score (nSPS) is 20.1. The van der Waals surface area contributed by atoms with Gasteiger partial charge in [-0.2, -0.15) is 0 Å². The molecule has 0 heterocycles. The molecule has 0 aliphatic heterocycles. The summed E-state index contributed by atoms with van der Waals surface area (Å²) in [6, 6.07) is 11.9. The molecule has 2 heteroatoms. The summed E-state index contributed by atoms with van der Waals surface area (Å²) in [4.78, 5) is 11.1. The summed E-state index contributed by atoms with van der Waals surface area (Å²) in [5.41, 5.74) is 8.52. The maximum absolute atomic E-state index is 11.1. The molecule has 0 aromatic heterocycles. The van der Waals surface area contributed by atoms with Gasteiger partial charge < -0.3 is 5.11 Å². The highest BCUT2D eigenvalue weighted by Crippen LogP contribution is 2.54. The smallest absolute Gasteiger partial charge is 0.335 e. The van der Waals surface area contributed by atoms with Gasteiger partial charge in [0, 0.05) is 0 Å². The van der Waals surface area contributed by atoms with E-state index in [9.17, 15) is 4.79 Å². The van der Waals surface area contributed by atoms with E-state index in [2.05, 4.69) is 66.7 Å². The zero-order valence-electron chi connectivity index (χ0n) is 18.2. The topological polar surface area (TPSA) is 37.3 Å². The van der Waals surface area contributed by atoms with Gasteiger partial charge in [-0.15, -0.1) is 0 Å². The van der Waals surface area contributed by atoms with Gasteiger partial charge >= 0.3 is 5.97 Å². The average Bonchev–Trinajstić information content (AvgIpc) is 2.78. The molecule has 0 amide bonds. The summed E-state index contributed by atoms with van der Waals surface area (Å²) in [5, 5.41) is 9.09. The predicted molar refractivity (Wildman–Crippen MR) is 118 cm³/mol. The Bertz CT molecular complexity index is 943. The van der Waals surface area contributed by atoms with E-state index in [1.54, 1.807) is 12.1 Å². The van der Waals surface area contributed by atoms with Gasteiger partial charge in [0.25, 0.3) is 0 Å². The highest BCUT2D eigenvalue weighted by Gasteiger charge is 2.48. The maximum Gasteiger partial charge on any atom is 0.335 e. The quantitative estimate of drug-likeness (QED) is 0.602. The summed E-state index contributed by atoms with van der Waals surface area (Å²) >= 11 is 0. The van der Waals surface area contributed by atoms with Crippen molar-refractivity contribution < 1.29 is 9.90 Å². The lowest BCUT2D eigenvalue weighted by Crippen LogP contribution is -2.30. The van der Waals surface area contributed by atoms with Crippen LogP contribution in [-0.4, -0.2) is 11.1 Å². The van der Waals surface area contributed by atoms with Gasteiger partial charge in [-0.1, -0.05) is 71.9 Å². The van der Waals surface area contributed by atoms with Gasteiger partial charge in [-0.05, 0) is 75.6 Å². The molecule has 1 aliphatic carbocycles. The van der Waals surface area contributed by atoms with Crippen molar-refractivity contribution in [2.24, 2.45) is 5.92 Å². The molecule has 2 aromatic carbocycles. The minimum absolute atomic E-state index is 0.142. The molecule has 3 rings (SSSR count). The number of carboxylic acid groups (broad SMARTS) is 1. The van der Waals surface area contributed by atoms with E-state index in [-0.39, 0.29) is 10.8 Å². The molecular formula is C26H32O2. The van der Waals surface area contributed by atoms with Crippen LogP contribution in [0.1, 0.15) is 86.6 Å². The number of benzene rings is 2. The van der Waals surface area contributed by atoms with Crippen molar-refractivity contribution in [2.75, 3.05) is 0 Å². The number of aryl methyl sites for hydroxylation is 1. The molecule has 2 nitrogen and oxygen atoms in total. The standard InChI is InChI=1S/C26H32O2/c1-8-19-14-22-23(26(6,7)17(3)25(22,4)5)15-21(19)16(2)13-18-9-11-20(12-10-18)24(27)28/h9-15,17H,8H2,1-7H3,(H,27,28). The lowest BCUT2D eigenvalue weighted by Gasteiger charge is -2.32. The van der Waals surface area contributed by atoms with Crippen molar-refractivity contribution >= 4 is 17.6 Å². The first-order chi connectivity index (χ1) is 13.0. The number of carbonyl (C=O) groups is 1. The third kappa shape index (κ3) is 3.19. The largest absolute Gasteiger partial charge is 0.478 e. The number of rotatable bonds is 4. The van der Waals surface area contributed by atoms with E-state index in [0.29, 0.717) is 11.5 Å². The van der Waals surface area contributed by atoms with Gasteiger partial charge in [-0.3, -0.25) is 0 Å². The Kier molecular flexibility index (Phi) is 5.04. The summed E-state index contributed by atoms with van der Waals surface area (Å²) in [6.45, 7) is 16.2. The first kappa shape index (κ1) is 20.4. The molecule has 2 aromatic rings. The monoisotopic (exact) mass is 376 g/mol. The minimum atomic E-state index is -0.891. The summed E-state index contributed by atoms with van der Waals surface area (Å²) in [6.07, 6.45) is 3.15. The van der Waals surface area contributed by atoms with Gasteiger partial charge in [0.15, 0.2) is 0 Å². The zero-order chi connectivity index (χ0) is 20.9. The van der Waals surface area contributed by atoms with Crippen molar-refractivity contribution in [1.29, 1.82) is 0 Å². The number of aromatic carboxylic acids is 1. The lowest BCUT2D eigenvalue weighted by molar-refractivity contribution is 0.0697. The Balaban J connectivity index is 2.10. The summed E-state index contributed by atoms with van der Waals surface area (Å²) in [5.74, 6) is -0.319. The van der Waals surface area contributed by atoms with Crippen LogP contribution in [0, 0.1) is 5.92 Å². The van der Waals surface area contributed by atoms with Crippen LogP contribution in [0.2, 0.25) is 0 Å². The number of hydrogen-bond donors (Lipinski definition) is 1. The highest BCUT2D eigenvalue weighted by atomic mass is 16.4. The fourth-order valence-corrected chi connectivity index (χ4v) is 4.79. The van der Waals surface area contributed by atoms with Crippen LogP contribution in [0.4, 0.5) is 0 Å². The SMILES string of the molecule is CCc1cc2c(cc1C(C)=Cc1ccc(C(=O)O)cc1)C(C)(C)C(C)C2(C)C. The van der Waals surface area contributed by atoms with Crippen LogP contribution < -0.4 is 0 Å². The second-order valence-corrected chi connectivity index (χ2v) is 9.33. The Labute approximate surface area is 169 Å². The fraction of sp³-hybridized carbons (Fsp3) is 0.423. The van der Waals surface area contributed by atoms with Crippen LogP contribution >= 0.6 is 0 Å². The number of carboxylic acids is 1. The van der Waals surface area contributed by atoms with Crippen molar-refractivity contribution in [2.45, 2.75) is 65.7 Å². The Morgan fingerprint density at radius 2 is 1.57 bits per heavy atom. The molecule has 1 aliphatic rings. The van der Waals surface area contributed by atoms with E-state index in [4.69, 9.17) is 5.11 Å². The van der Waals surface area contributed by atoms with Crippen LogP contribution in [0.5, 0.6) is 0 Å². The van der Waals surface area contributed by atoms with Crippen LogP contribution in [-0.2, 0) is 17.3 Å². The first-order valence-corrected chi connectivity index (χ1v) is 10.2. The van der Waals surface area contributed by atoms with Gasteiger partial charge in [0.2, 0.25) is 0 Å². The predicted octanol–water partition coefficient (Wildman–Crippen LogP) is 6.71. The van der Waals surface area contributed by atoms with Crippen LogP contribution in [0.25, 0.3) is 11.6 Å². The number of allylic oxidation sites excluding steroid dienone is 1. The molecule has 1 unspecified atom stereocenters. The Hall–Kier alpha value is -2.35. The molecule has 0 fully saturated rings. The second-order valence-electron chi connectivity index (χ2n) is 9.33. The Morgan fingerprint density at radius 3 is 2.07 bits per heavy atom. The van der Waals surface area contributed by atoms with E-state index < -0.39 is 5.97 Å². The molecule has 0 bridgehead atoms. The van der Waals surface area contributed by atoms with Crippen LogP contribution in [0.15, 0.2) is 36.4 Å². The molecule has 0 spiro atoms. The second kappa shape index (κ2) is 6.92. The lowest BCUT2D eigenvalue weighted by atomic mass is 9.71. The molecule has 28 heavy (non-hydrogen) atoms. The third-order valence-electron chi connectivity index (χ3n) is 7.14. The average molecular weight is 377 g/mol. The molecule has 0 radical (unpaired) electrons. The molecule has 1 atom stereocenters. The molecular weight excluding hydrogens is 344 g/mol. The van der Waals surface area contributed by atoms with E-state index >= 15 is 0 Å². The fourth-order valence-electron chi connectivity index (χ4n) is 4.79. The van der Waals surface area contributed by atoms with Gasteiger partial charge in [-0.25, -0.2) is 4.79 Å². The number of hydrogen-bond acceptors (Lipinski definition) is 1. The Morgan fingerprint density at radius 1 is 1.04 bits per heavy atom. The van der Waals surface area contributed by atoms with Crippen LogP contribution in [0.3, 0.4) is 0 Å². The molecule has 1 N–H and O–H groups in total. The van der Waals surface area contributed by atoms with Gasteiger partial charge in [0.1, 0.15) is 0 Å². The first-order valence-electron chi connectivity index (χ1n) is 10.2. The van der Waals surface area contributed by atoms with E-state index in [1.165, 1.54) is 27.8 Å². The number of fused-ring (bicyclic) bond motifs is 1. The van der Waals surface area contributed by atoms with E-state index in [1.807, 2.05) is 12.1 Å². The third-order valence-corrected chi connectivity index (χ3v) is 7.14. The van der Waals surface area contributed by atoms with Crippen molar-refractivity contribution in [1.82, 2.24) is 0 Å². The summed E-state index contributed by atoms with van der Waals surface area (Å²) < 4.78 is 0. The molecule has 0 saturated carbocycles. The van der Waals surface area contributed by atoms with Crippen molar-refractivity contribution in [3.05, 3.63) is 69.8 Å². The van der Waals surface area contributed by atoms with E-state index in [0.717, 1.165) is 12.0 Å². The summed E-state index contributed by atoms with van der Waals surface area (Å²) in [7, 11) is 0. The van der Waals surface area contributed by atoms with Gasteiger partial charge in [0.05, 0.1) is 5.56 Å². The molecule has 148 valence electrons. The minimum Gasteiger partial charge on any atom is -0.478 e. The van der Waals surface area contributed by atoms with Crippen molar-refractivity contribution in [3.8, 4) is 0 Å². The zero-order valence-corrected chi connectivity index (χ0v) is 18.2. The maximum atomic E-state index is 11.1. The highest BCUT2D eigenvalue weighted by molar-refractivity contribution is 5.88.